The molecule has 0 bridgehead atoms. The van der Waals surface area contributed by atoms with Crippen molar-refractivity contribution < 1.29 is 36.3 Å². The fourth-order valence-electron chi connectivity index (χ4n) is 3.03. The summed E-state index contributed by atoms with van der Waals surface area (Å²) in [6, 6.07) is 4.25. The summed E-state index contributed by atoms with van der Waals surface area (Å²) in [6.07, 6.45) is -5.68. The van der Waals surface area contributed by atoms with Gasteiger partial charge in [-0.25, -0.2) is 13.8 Å². The highest BCUT2D eigenvalue weighted by Gasteiger charge is 2.33. The summed E-state index contributed by atoms with van der Waals surface area (Å²) in [5, 5.41) is 12.0. The van der Waals surface area contributed by atoms with Crippen LogP contribution >= 0.6 is 11.3 Å². The molecule has 2 aromatic carbocycles. The molecule has 0 aliphatic heterocycles. The number of rotatable bonds is 7. The molecule has 0 unspecified atom stereocenters. The van der Waals surface area contributed by atoms with Gasteiger partial charge in [-0.3, -0.25) is 9.59 Å². The Hall–Kier alpha value is -3.61. The van der Waals surface area contributed by atoms with Gasteiger partial charge in [0.25, 0.3) is 11.8 Å². The smallest absolute Gasteiger partial charge is 0.428 e. The van der Waals surface area contributed by atoms with Crippen molar-refractivity contribution in [2.75, 3.05) is 19.0 Å². The summed E-state index contributed by atoms with van der Waals surface area (Å²) >= 11 is 1.20. The van der Waals surface area contributed by atoms with Gasteiger partial charge < -0.3 is 20.8 Å². The number of ether oxygens (including phenoxy) is 1. The Morgan fingerprint density at radius 3 is 2.47 bits per heavy atom. The number of nitrogens with one attached hydrogen (secondary N) is 3. The molecule has 1 heterocycles. The molecule has 0 saturated carbocycles. The number of thiazole rings is 1. The van der Waals surface area contributed by atoms with Gasteiger partial charge in [-0.1, -0.05) is 0 Å². The average Bonchev–Trinajstić information content (AvgIpc) is 3.14. The SMILES string of the molecule is COc1ccc2nc(C)sc2c1C(=O)Nc1cc(F)c(F)cc1C(=O)NCCC(=N)C(F)(F)F. The Bertz CT molecular complexity index is 1290. The van der Waals surface area contributed by atoms with Gasteiger partial charge >= 0.3 is 6.18 Å². The lowest BCUT2D eigenvalue weighted by atomic mass is 10.1. The molecule has 0 atom stereocenters. The van der Waals surface area contributed by atoms with Crippen LogP contribution in [0.3, 0.4) is 0 Å². The van der Waals surface area contributed by atoms with Crippen molar-refractivity contribution in [2.45, 2.75) is 19.5 Å². The maximum atomic E-state index is 13.9. The fraction of sp³-hybridized carbons (Fsp3) is 0.238. The van der Waals surface area contributed by atoms with Crippen LogP contribution in [0.4, 0.5) is 27.6 Å². The molecule has 1 aromatic heterocycles. The predicted molar refractivity (Wildman–Crippen MR) is 116 cm³/mol. The number of amides is 2. The second kappa shape index (κ2) is 9.71. The number of aromatic nitrogens is 1. The number of halogens is 5. The third-order valence-electron chi connectivity index (χ3n) is 4.63. The number of hydrogen-bond donors (Lipinski definition) is 3. The number of fused-ring (bicyclic) bond motifs is 1. The van der Waals surface area contributed by atoms with Crippen molar-refractivity contribution in [1.29, 1.82) is 5.41 Å². The molecule has 13 heteroatoms. The first-order valence-electron chi connectivity index (χ1n) is 9.59. The first-order valence-corrected chi connectivity index (χ1v) is 10.4. The van der Waals surface area contributed by atoms with E-state index < -0.39 is 59.6 Å². The summed E-state index contributed by atoms with van der Waals surface area (Å²) in [5.41, 5.74) is -1.93. The van der Waals surface area contributed by atoms with Gasteiger partial charge in [-0.2, -0.15) is 13.2 Å². The zero-order chi connectivity index (χ0) is 25.2. The monoisotopic (exact) mass is 500 g/mol. The van der Waals surface area contributed by atoms with Crippen molar-refractivity contribution in [3.63, 3.8) is 0 Å². The molecule has 0 radical (unpaired) electrons. The number of benzene rings is 2. The molecule has 0 aliphatic rings. The number of methoxy groups -OCH3 is 1. The molecule has 7 nitrogen and oxygen atoms in total. The first-order chi connectivity index (χ1) is 15.9. The summed E-state index contributed by atoms with van der Waals surface area (Å²) < 4.78 is 70.8. The average molecular weight is 500 g/mol. The van der Waals surface area contributed by atoms with Gasteiger partial charge in [0, 0.05) is 19.0 Å². The Balaban J connectivity index is 1.90. The Kier molecular flexibility index (Phi) is 7.15. The highest BCUT2D eigenvalue weighted by molar-refractivity contribution is 7.19. The lowest BCUT2D eigenvalue weighted by Gasteiger charge is -2.14. The number of carbonyl (C=O) groups excluding carboxylic acids is 2. The van der Waals surface area contributed by atoms with Gasteiger partial charge in [0.15, 0.2) is 11.6 Å². The minimum absolute atomic E-state index is 0.0558. The van der Waals surface area contributed by atoms with Crippen molar-refractivity contribution in [1.82, 2.24) is 10.3 Å². The van der Waals surface area contributed by atoms with Crippen LogP contribution in [0.25, 0.3) is 10.2 Å². The minimum Gasteiger partial charge on any atom is -0.496 e. The standard InChI is InChI=1S/C21H17F5N4O3S/c1-9-29-13-3-4-15(33-2)17(18(13)34-9)20(32)30-14-8-12(23)11(22)7-10(14)19(31)28-6-5-16(27)21(24,25)26/h3-4,7-8,27H,5-6H2,1-2H3,(H,28,31)(H,30,32). The maximum Gasteiger partial charge on any atom is 0.428 e. The van der Waals surface area contributed by atoms with E-state index in [4.69, 9.17) is 10.1 Å². The van der Waals surface area contributed by atoms with Gasteiger partial charge in [-0.05, 0) is 25.1 Å². The molecule has 3 rings (SSSR count). The van der Waals surface area contributed by atoms with Gasteiger partial charge in [0.05, 0.1) is 33.6 Å². The fourth-order valence-corrected chi connectivity index (χ4v) is 3.98. The lowest BCUT2D eigenvalue weighted by Crippen LogP contribution is -2.31. The Labute approximate surface area is 193 Å². The van der Waals surface area contributed by atoms with Gasteiger partial charge in [0.2, 0.25) is 0 Å². The molecular formula is C21H17F5N4O3S. The Morgan fingerprint density at radius 1 is 1.15 bits per heavy atom. The quantitative estimate of drug-likeness (QED) is 0.319. The van der Waals surface area contributed by atoms with E-state index in [9.17, 15) is 31.5 Å². The lowest BCUT2D eigenvalue weighted by molar-refractivity contribution is -0.0612. The summed E-state index contributed by atoms with van der Waals surface area (Å²) in [4.78, 5) is 29.9. The minimum atomic E-state index is -4.85. The molecule has 0 aliphatic carbocycles. The van der Waals surface area contributed by atoms with E-state index in [-0.39, 0.29) is 11.3 Å². The number of nitrogens with zero attached hydrogens (tertiary/aromatic N) is 1. The van der Waals surface area contributed by atoms with Crippen molar-refractivity contribution in [3.8, 4) is 5.75 Å². The summed E-state index contributed by atoms with van der Waals surface area (Å²) in [7, 11) is 1.33. The normalized spacial score (nSPS) is 11.4. The number of aryl methyl sites for hydroxylation is 1. The van der Waals surface area contributed by atoms with Crippen molar-refractivity contribution >= 4 is 44.8 Å². The van der Waals surface area contributed by atoms with Gasteiger partial charge in [-0.15, -0.1) is 11.3 Å². The van der Waals surface area contributed by atoms with Crippen LogP contribution in [0.15, 0.2) is 24.3 Å². The van der Waals surface area contributed by atoms with Crippen molar-refractivity contribution in [3.05, 3.63) is 52.0 Å². The molecule has 3 N–H and O–H groups in total. The van der Waals surface area contributed by atoms with Crippen LogP contribution in [0, 0.1) is 24.0 Å². The van der Waals surface area contributed by atoms with Crippen LogP contribution in [-0.4, -0.2) is 42.3 Å². The van der Waals surface area contributed by atoms with Crippen LogP contribution < -0.4 is 15.4 Å². The van der Waals surface area contributed by atoms with E-state index in [1.807, 2.05) is 0 Å². The Morgan fingerprint density at radius 2 is 1.82 bits per heavy atom. The largest absolute Gasteiger partial charge is 0.496 e. The molecule has 3 aromatic rings. The molecule has 0 spiro atoms. The topological polar surface area (TPSA) is 104 Å². The van der Waals surface area contributed by atoms with E-state index >= 15 is 0 Å². The third kappa shape index (κ3) is 5.30. The second-order valence-corrected chi connectivity index (χ2v) is 8.18. The van der Waals surface area contributed by atoms with E-state index in [0.717, 1.165) is 0 Å². The van der Waals surface area contributed by atoms with E-state index in [2.05, 4.69) is 15.6 Å². The second-order valence-electron chi connectivity index (χ2n) is 6.97. The zero-order valence-electron chi connectivity index (χ0n) is 17.7. The van der Waals surface area contributed by atoms with Crippen LogP contribution in [0.1, 0.15) is 32.1 Å². The third-order valence-corrected chi connectivity index (χ3v) is 5.63. The first kappa shape index (κ1) is 25.0. The maximum absolute atomic E-state index is 13.9. The molecular weight excluding hydrogens is 483 g/mol. The molecule has 0 fully saturated rings. The van der Waals surface area contributed by atoms with E-state index in [0.29, 0.717) is 27.4 Å². The van der Waals surface area contributed by atoms with Crippen LogP contribution in [-0.2, 0) is 0 Å². The van der Waals surface area contributed by atoms with E-state index in [1.165, 1.54) is 24.5 Å². The number of alkyl halides is 3. The molecule has 180 valence electrons. The number of anilines is 1. The zero-order valence-corrected chi connectivity index (χ0v) is 18.5. The number of hydrogen-bond acceptors (Lipinski definition) is 6. The van der Waals surface area contributed by atoms with Crippen LogP contribution in [0.5, 0.6) is 5.75 Å². The highest BCUT2D eigenvalue weighted by atomic mass is 32.1. The number of carbonyl (C=O) groups is 2. The highest BCUT2D eigenvalue weighted by Crippen LogP contribution is 2.33. The van der Waals surface area contributed by atoms with E-state index in [1.54, 1.807) is 13.0 Å². The molecule has 0 saturated heterocycles. The van der Waals surface area contributed by atoms with Gasteiger partial charge in [0.1, 0.15) is 17.0 Å². The summed E-state index contributed by atoms with van der Waals surface area (Å²) in [6.45, 7) is 1.14. The van der Waals surface area contributed by atoms with Crippen LogP contribution in [0.2, 0.25) is 0 Å². The molecule has 2 amide bonds. The van der Waals surface area contributed by atoms with Crippen molar-refractivity contribution in [2.24, 2.45) is 0 Å². The molecule has 34 heavy (non-hydrogen) atoms. The summed E-state index contributed by atoms with van der Waals surface area (Å²) in [5.74, 6) is -4.45. The predicted octanol–water partition coefficient (Wildman–Crippen LogP) is 4.85.